The molecule has 1 aromatic carbocycles. The van der Waals surface area contributed by atoms with E-state index < -0.39 is 0 Å². The zero-order valence-corrected chi connectivity index (χ0v) is 11.1. The van der Waals surface area contributed by atoms with E-state index in [0.717, 1.165) is 13.1 Å². The molecule has 5 nitrogen and oxygen atoms in total. The van der Waals surface area contributed by atoms with Crippen molar-refractivity contribution < 1.29 is 9.59 Å². The summed E-state index contributed by atoms with van der Waals surface area (Å²) in [6, 6.07) is 9.74. The molecular weight excluding hydrogens is 242 g/mol. The zero-order chi connectivity index (χ0) is 13.7. The molecule has 0 aromatic heterocycles. The average Bonchev–Trinajstić information content (AvgIpc) is 2.85. The van der Waals surface area contributed by atoms with Gasteiger partial charge in [-0.2, -0.15) is 0 Å². The molecule has 1 aliphatic heterocycles. The third-order valence-corrected chi connectivity index (χ3v) is 3.21. The van der Waals surface area contributed by atoms with Gasteiger partial charge in [-0.3, -0.25) is 14.6 Å². The van der Waals surface area contributed by atoms with Crippen LogP contribution in [0.1, 0.15) is 12.5 Å². The van der Waals surface area contributed by atoms with Crippen molar-refractivity contribution in [2.24, 2.45) is 0 Å². The van der Waals surface area contributed by atoms with Crippen molar-refractivity contribution in [1.29, 1.82) is 0 Å². The van der Waals surface area contributed by atoms with Gasteiger partial charge in [-0.25, -0.2) is 4.79 Å². The number of carbonyl (C=O) groups excluding carboxylic acids is 2. The number of imide groups is 1. The second-order valence-electron chi connectivity index (χ2n) is 4.57. The molecule has 0 atom stereocenters. The number of likely N-dealkylation sites (N-methyl/N-ethyl adjacent to an activating group) is 1. The van der Waals surface area contributed by atoms with Gasteiger partial charge in [-0.15, -0.1) is 0 Å². The number of hydrogen-bond donors (Lipinski definition) is 1. The number of amides is 3. The fourth-order valence-corrected chi connectivity index (χ4v) is 2.11. The molecule has 1 saturated heterocycles. The normalized spacial score (nSPS) is 14.8. The van der Waals surface area contributed by atoms with Crippen LogP contribution in [0.3, 0.4) is 0 Å². The Hall–Kier alpha value is -1.88. The van der Waals surface area contributed by atoms with Gasteiger partial charge in [-0.05, 0) is 12.1 Å². The van der Waals surface area contributed by atoms with E-state index in [2.05, 4.69) is 5.32 Å². The van der Waals surface area contributed by atoms with Crippen molar-refractivity contribution in [3.05, 3.63) is 35.9 Å². The van der Waals surface area contributed by atoms with E-state index in [-0.39, 0.29) is 18.5 Å². The third-order valence-electron chi connectivity index (χ3n) is 3.21. The molecule has 0 aliphatic carbocycles. The molecule has 0 bridgehead atoms. The number of carbonyl (C=O) groups is 2. The van der Waals surface area contributed by atoms with E-state index in [1.165, 1.54) is 10.5 Å². The Kier molecular flexibility index (Phi) is 4.52. The minimum absolute atomic E-state index is 0.132. The number of benzene rings is 1. The average molecular weight is 261 g/mol. The van der Waals surface area contributed by atoms with Crippen LogP contribution in [0.4, 0.5) is 4.79 Å². The fraction of sp³-hybridized carbons (Fsp3) is 0.429. The largest absolute Gasteiger partial charge is 0.336 e. The molecule has 19 heavy (non-hydrogen) atoms. The number of nitrogens with zero attached hydrogens (tertiary/aromatic N) is 2. The summed E-state index contributed by atoms with van der Waals surface area (Å²) in [5, 5.41) is 2.64. The maximum atomic E-state index is 12.0. The van der Waals surface area contributed by atoms with Crippen LogP contribution in [0, 0.1) is 0 Å². The monoisotopic (exact) mass is 261 g/mol. The Morgan fingerprint density at radius 3 is 2.68 bits per heavy atom. The summed E-state index contributed by atoms with van der Waals surface area (Å²) in [6.45, 7) is 4.81. The van der Waals surface area contributed by atoms with Crippen LogP contribution in [-0.4, -0.2) is 47.9 Å². The molecule has 5 heteroatoms. The van der Waals surface area contributed by atoms with E-state index in [1.54, 1.807) is 0 Å². The molecule has 1 N–H and O–H groups in total. The quantitative estimate of drug-likeness (QED) is 0.862. The first-order chi connectivity index (χ1) is 9.20. The highest BCUT2D eigenvalue weighted by molar-refractivity contribution is 5.96. The van der Waals surface area contributed by atoms with Crippen LogP contribution in [0.2, 0.25) is 0 Å². The van der Waals surface area contributed by atoms with Crippen LogP contribution in [0.25, 0.3) is 0 Å². The summed E-state index contributed by atoms with van der Waals surface area (Å²) in [4.78, 5) is 26.8. The molecule has 0 unspecified atom stereocenters. The highest BCUT2D eigenvalue weighted by atomic mass is 16.2. The summed E-state index contributed by atoms with van der Waals surface area (Å²) < 4.78 is 0. The van der Waals surface area contributed by atoms with Gasteiger partial charge in [0.25, 0.3) is 0 Å². The summed E-state index contributed by atoms with van der Waals surface area (Å²) in [5.41, 5.74) is 1.17. The maximum absolute atomic E-state index is 12.0. The predicted molar refractivity (Wildman–Crippen MR) is 72.5 cm³/mol. The van der Waals surface area contributed by atoms with Gasteiger partial charge < -0.3 is 5.32 Å². The third kappa shape index (κ3) is 3.54. The fourth-order valence-electron chi connectivity index (χ4n) is 2.11. The summed E-state index contributed by atoms with van der Waals surface area (Å²) in [6.07, 6.45) is 0. The SMILES string of the molecule is CCN(CC(=O)N1CCNC1=O)Cc1ccccc1. The van der Waals surface area contributed by atoms with E-state index in [0.29, 0.717) is 13.1 Å². The molecule has 1 fully saturated rings. The smallest absolute Gasteiger partial charge is 0.324 e. The standard InChI is InChI=1S/C14H19N3O2/c1-2-16(10-12-6-4-3-5-7-12)11-13(18)17-9-8-15-14(17)19/h3-7H,2,8-11H2,1H3,(H,15,19). The van der Waals surface area contributed by atoms with Crippen molar-refractivity contribution >= 4 is 11.9 Å². The van der Waals surface area contributed by atoms with Crippen LogP contribution in [0.15, 0.2) is 30.3 Å². The van der Waals surface area contributed by atoms with E-state index >= 15 is 0 Å². The van der Waals surface area contributed by atoms with E-state index in [1.807, 2.05) is 42.2 Å². The highest BCUT2D eigenvalue weighted by Crippen LogP contribution is 2.06. The molecule has 1 aromatic rings. The van der Waals surface area contributed by atoms with Crippen molar-refractivity contribution in [2.75, 3.05) is 26.2 Å². The molecule has 0 radical (unpaired) electrons. The lowest BCUT2D eigenvalue weighted by molar-refractivity contribution is -0.128. The topological polar surface area (TPSA) is 52.7 Å². The number of hydrogen-bond acceptors (Lipinski definition) is 3. The summed E-state index contributed by atoms with van der Waals surface area (Å²) in [5.74, 6) is -0.132. The first-order valence-corrected chi connectivity index (χ1v) is 6.55. The van der Waals surface area contributed by atoms with Crippen LogP contribution < -0.4 is 5.32 Å². The van der Waals surface area contributed by atoms with Gasteiger partial charge in [0.1, 0.15) is 0 Å². The second kappa shape index (κ2) is 6.33. The Labute approximate surface area is 113 Å². The lowest BCUT2D eigenvalue weighted by Crippen LogP contribution is -2.41. The van der Waals surface area contributed by atoms with Crippen molar-refractivity contribution in [1.82, 2.24) is 15.1 Å². The second-order valence-corrected chi connectivity index (χ2v) is 4.57. The Bertz CT molecular complexity index is 447. The zero-order valence-electron chi connectivity index (χ0n) is 11.1. The summed E-state index contributed by atoms with van der Waals surface area (Å²) in [7, 11) is 0. The highest BCUT2D eigenvalue weighted by Gasteiger charge is 2.26. The van der Waals surface area contributed by atoms with Crippen molar-refractivity contribution in [3.63, 3.8) is 0 Å². The van der Waals surface area contributed by atoms with Crippen LogP contribution in [-0.2, 0) is 11.3 Å². The van der Waals surface area contributed by atoms with Crippen molar-refractivity contribution in [2.45, 2.75) is 13.5 Å². The molecule has 3 amide bonds. The number of rotatable bonds is 5. The molecule has 0 saturated carbocycles. The first kappa shape index (κ1) is 13.5. The summed E-state index contributed by atoms with van der Waals surface area (Å²) >= 11 is 0. The van der Waals surface area contributed by atoms with E-state index in [4.69, 9.17) is 0 Å². The first-order valence-electron chi connectivity index (χ1n) is 6.55. The van der Waals surface area contributed by atoms with Crippen LogP contribution >= 0.6 is 0 Å². The molecule has 1 aliphatic rings. The minimum Gasteiger partial charge on any atom is -0.336 e. The van der Waals surface area contributed by atoms with Gasteiger partial charge in [-0.1, -0.05) is 37.3 Å². The Morgan fingerprint density at radius 2 is 2.11 bits per heavy atom. The predicted octanol–water partition coefficient (Wildman–Crippen LogP) is 1.06. The van der Waals surface area contributed by atoms with Gasteiger partial charge in [0.05, 0.1) is 6.54 Å². The van der Waals surface area contributed by atoms with Gasteiger partial charge in [0, 0.05) is 19.6 Å². The van der Waals surface area contributed by atoms with Crippen molar-refractivity contribution in [3.8, 4) is 0 Å². The van der Waals surface area contributed by atoms with Gasteiger partial charge in [0.2, 0.25) is 5.91 Å². The van der Waals surface area contributed by atoms with Gasteiger partial charge in [0.15, 0.2) is 0 Å². The molecular formula is C14H19N3O2. The van der Waals surface area contributed by atoms with Gasteiger partial charge >= 0.3 is 6.03 Å². The Morgan fingerprint density at radius 1 is 1.37 bits per heavy atom. The molecule has 0 spiro atoms. The lowest BCUT2D eigenvalue weighted by Gasteiger charge is -2.22. The van der Waals surface area contributed by atoms with E-state index in [9.17, 15) is 9.59 Å². The number of urea groups is 1. The number of nitrogens with one attached hydrogen (secondary N) is 1. The molecule has 2 rings (SSSR count). The van der Waals surface area contributed by atoms with Crippen LogP contribution in [0.5, 0.6) is 0 Å². The minimum atomic E-state index is -0.277. The molecule has 1 heterocycles. The Balaban J connectivity index is 1.92. The maximum Gasteiger partial charge on any atom is 0.324 e. The molecule has 102 valence electrons. The lowest BCUT2D eigenvalue weighted by atomic mass is 10.2.